The second kappa shape index (κ2) is 6.49. The summed E-state index contributed by atoms with van der Waals surface area (Å²) in [7, 11) is 0. The van der Waals surface area contributed by atoms with Crippen molar-refractivity contribution in [3.8, 4) is 0 Å². The van der Waals surface area contributed by atoms with E-state index in [-0.39, 0.29) is 24.9 Å². The van der Waals surface area contributed by atoms with E-state index < -0.39 is 5.97 Å². The molecule has 0 saturated heterocycles. The van der Waals surface area contributed by atoms with Crippen molar-refractivity contribution in [2.75, 3.05) is 6.54 Å². The molecule has 1 aromatic heterocycles. The van der Waals surface area contributed by atoms with Gasteiger partial charge in [-0.15, -0.1) is 0 Å². The Labute approximate surface area is 114 Å². The van der Waals surface area contributed by atoms with Crippen LogP contribution in [0, 0.1) is 0 Å². The SMILES string of the molecule is CC(C)N(CCC(=O)O)C(=O)c1cccc(Br)n1. The molecule has 1 aromatic rings. The summed E-state index contributed by atoms with van der Waals surface area (Å²) in [6.07, 6.45) is -0.0715. The van der Waals surface area contributed by atoms with E-state index in [0.717, 1.165) is 0 Å². The third-order valence-corrected chi connectivity index (χ3v) is 2.83. The number of amides is 1. The molecule has 5 nitrogen and oxygen atoms in total. The molecule has 1 heterocycles. The monoisotopic (exact) mass is 314 g/mol. The van der Waals surface area contributed by atoms with E-state index in [9.17, 15) is 9.59 Å². The molecule has 0 radical (unpaired) electrons. The van der Waals surface area contributed by atoms with E-state index in [1.165, 1.54) is 4.90 Å². The second-order valence-corrected chi connectivity index (χ2v) is 4.89. The lowest BCUT2D eigenvalue weighted by Gasteiger charge is -2.25. The highest BCUT2D eigenvalue weighted by molar-refractivity contribution is 9.10. The van der Waals surface area contributed by atoms with Gasteiger partial charge in [0, 0.05) is 12.6 Å². The van der Waals surface area contributed by atoms with Gasteiger partial charge in [0.05, 0.1) is 6.42 Å². The van der Waals surface area contributed by atoms with E-state index in [1.807, 2.05) is 13.8 Å². The van der Waals surface area contributed by atoms with Crippen molar-refractivity contribution < 1.29 is 14.7 Å². The fourth-order valence-electron chi connectivity index (χ4n) is 1.48. The lowest BCUT2D eigenvalue weighted by atomic mass is 10.2. The number of halogens is 1. The third-order valence-electron chi connectivity index (χ3n) is 2.39. The van der Waals surface area contributed by atoms with Gasteiger partial charge in [0.1, 0.15) is 10.3 Å². The van der Waals surface area contributed by atoms with Crippen LogP contribution < -0.4 is 0 Å². The van der Waals surface area contributed by atoms with Gasteiger partial charge < -0.3 is 10.0 Å². The number of pyridine rings is 1. The van der Waals surface area contributed by atoms with Crippen LogP contribution in [0.3, 0.4) is 0 Å². The maximum absolute atomic E-state index is 12.2. The first-order valence-electron chi connectivity index (χ1n) is 5.57. The molecule has 98 valence electrons. The Bertz CT molecular complexity index is 449. The third kappa shape index (κ3) is 4.10. The molecule has 0 unspecified atom stereocenters. The number of aromatic nitrogens is 1. The van der Waals surface area contributed by atoms with Crippen molar-refractivity contribution in [1.82, 2.24) is 9.88 Å². The Morgan fingerprint density at radius 3 is 2.61 bits per heavy atom. The number of aliphatic carboxylic acids is 1. The second-order valence-electron chi connectivity index (χ2n) is 4.08. The largest absolute Gasteiger partial charge is 0.481 e. The lowest BCUT2D eigenvalue weighted by molar-refractivity contribution is -0.137. The molecular formula is C12H15BrN2O3. The minimum absolute atomic E-state index is 0.0715. The lowest BCUT2D eigenvalue weighted by Crippen LogP contribution is -2.38. The van der Waals surface area contributed by atoms with Gasteiger partial charge in [-0.25, -0.2) is 4.98 Å². The molecule has 0 spiro atoms. The van der Waals surface area contributed by atoms with Crippen molar-refractivity contribution in [2.45, 2.75) is 26.3 Å². The maximum atomic E-state index is 12.2. The Hall–Kier alpha value is -1.43. The summed E-state index contributed by atoms with van der Waals surface area (Å²) < 4.78 is 0.579. The molecule has 0 aliphatic rings. The number of rotatable bonds is 5. The van der Waals surface area contributed by atoms with Crippen molar-refractivity contribution in [1.29, 1.82) is 0 Å². The molecule has 1 rings (SSSR count). The quantitative estimate of drug-likeness (QED) is 0.846. The zero-order chi connectivity index (χ0) is 13.7. The van der Waals surface area contributed by atoms with Gasteiger partial charge in [0.25, 0.3) is 5.91 Å². The van der Waals surface area contributed by atoms with E-state index in [0.29, 0.717) is 10.3 Å². The molecule has 1 N–H and O–H groups in total. The molecule has 0 atom stereocenters. The molecule has 1 amide bonds. The maximum Gasteiger partial charge on any atom is 0.305 e. The number of hydrogen-bond donors (Lipinski definition) is 1. The first kappa shape index (κ1) is 14.6. The molecule has 18 heavy (non-hydrogen) atoms. The number of carboxylic acid groups (broad SMARTS) is 1. The molecule has 0 aliphatic carbocycles. The van der Waals surface area contributed by atoms with Gasteiger partial charge in [0.15, 0.2) is 0 Å². The fraction of sp³-hybridized carbons (Fsp3) is 0.417. The van der Waals surface area contributed by atoms with Crippen LogP contribution in [0.15, 0.2) is 22.8 Å². The van der Waals surface area contributed by atoms with Crippen LogP contribution in [0.5, 0.6) is 0 Å². The van der Waals surface area contributed by atoms with Gasteiger partial charge in [0.2, 0.25) is 0 Å². The standard InChI is InChI=1S/C12H15BrN2O3/c1-8(2)15(7-6-11(16)17)12(18)9-4-3-5-10(13)14-9/h3-5,8H,6-7H2,1-2H3,(H,16,17). The molecule has 0 aliphatic heterocycles. The summed E-state index contributed by atoms with van der Waals surface area (Å²) >= 11 is 3.20. The Balaban J connectivity index is 2.85. The summed E-state index contributed by atoms with van der Waals surface area (Å²) in [5, 5.41) is 8.68. The van der Waals surface area contributed by atoms with Crippen molar-refractivity contribution >= 4 is 27.8 Å². The zero-order valence-corrected chi connectivity index (χ0v) is 11.8. The Morgan fingerprint density at radius 1 is 1.44 bits per heavy atom. The number of carboxylic acids is 1. The normalized spacial score (nSPS) is 10.4. The smallest absolute Gasteiger partial charge is 0.305 e. The van der Waals surface area contributed by atoms with Crippen LogP contribution in [0.2, 0.25) is 0 Å². The minimum Gasteiger partial charge on any atom is -0.481 e. The Kier molecular flexibility index (Phi) is 5.27. The van der Waals surface area contributed by atoms with Gasteiger partial charge in [-0.3, -0.25) is 9.59 Å². The first-order valence-corrected chi connectivity index (χ1v) is 6.36. The molecule has 6 heteroatoms. The highest BCUT2D eigenvalue weighted by Gasteiger charge is 2.20. The number of carbonyl (C=O) groups excluding carboxylic acids is 1. The van der Waals surface area contributed by atoms with Crippen LogP contribution in [-0.4, -0.2) is 39.5 Å². The van der Waals surface area contributed by atoms with Crippen LogP contribution in [0.1, 0.15) is 30.8 Å². The molecule has 0 bridgehead atoms. The zero-order valence-electron chi connectivity index (χ0n) is 10.3. The average Bonchev–Trinajstić information content (AvgIpc) is 2.28. The van der Waals surface area contributed by atoms with E-state index in [2.05, 4.69) is 20.9 Å². The van der Waals surface area contributed by atoms with Crippen molar-refractivity contribution in [2.24, 2.45) is 0 Å². The molecule has 0 aromatic carbocycles. The fourth-order valence-corrected chi connectivity index (χ4v) is 1.83. The topological polar surface area (TPSA) is 70.5 Å². The van der Waals surface area contributed by atoms with Gasteiger partial charge in [-0.05, 0) is 41.9 Å². The summed E-state index contributed by atoms with van der Waals surface area (Å²) in [6, 6.07) is 4.99. The van der Waals surface area contributed by atoms with Crippen LogP contribution in [0.4, 0.5) is 0 Å². The summed E-state index contributed by atoms with van der Waals surface area (Å²) in [6.45, 7) is 3.87. The number of hydrogen-bond acceptors (Lipinski definition) is 3. The highest BCUT2D eigenvalue weighted by Crippen LogP contribution is 2.11. The van der Waals surface area contributed by atoms with Crippen LogP contribution in [0.25, 0.3) is 0 Å². The predicted octanol–water partition coefficient (Wildman–Crippen LogP) is 2.17. The molecule has 0 fully saturated rings. The molecule has 0 saturated carbocycles. The van der Waals surface area contributed by atoms with Gasteiger partial charge in [-0.2, -0.15) is 0 Å². The number of nitrogens with zero attached hydrogens (tertiary/aromatic N) is 2. The highest BCUT2D eigenvalue weighted by atomic mass is 79.9. The summed E-state index contributed by atoms with van der Waals surface area (Å²) in [4.78, 5) is 28.4. The Morgan fingerprint density at radius 2 is 2.11 bits per heavy atom. The van der Waals surface area contributed by atoms with Gasteiger partial charge >= 0.3 is 5.97 Å². The van der Waals surface area contributed by atoms with E-state index in [4.69, 9.17) is 5.11 Å². The molecular weight excluding hydrogens is 300 g/mol. The van der Waals surface area contributed by atoms with Gasteiger partial charge in [-0.1, -0.05) is 6.07 Å². The van der Waals surface area contributed by atoms with Crippen molar-refractivity contribution in [3.05, 3.63) is 28.5 Å². The summed E-state index contributed by atoms with van der Waals surface area (Å²) in [5.74, 6) is -1.18. The van der Waals surface area contributed by atoms with Crippen molar-refractivity contribution in [3.63, 3.8) is 0 Å². The number of carbonyl (C=O) groups is 2. The summed E-state index contributed by atoms with van der Waals surface area (Å²) in [5.41, 5.74) is 0.309. The van der Waals surface area contributed by atoms with E-state index >= 15 is 0 Å². The average molecular weight is 315 g/mol. The van der Waals surface area contributed by atoms with Crippen LogP contribution in [-0.2, 0) is 4.79 Å². The van der Waals surface area contributed by atoms with Crippen LogP contribution >= 0.6 is 15.9 Å². The van der Waals surface area contributed by atoms with E-state index in [1.54, 1.807) is 18.2 Å². The predicted molar refractivity (Wildman–Crippen MR) is 70.4 cm³/mol. The first-order chi connectivity index (χ1) is 8.41. The minimum atomic E-state index is -0.921.